The third kappa shape index (κ3) is 6.91. The summed E-state index contributed by atoms with van der Waals surface area (Å²) in [5.74, 6) is 0.747. The van der Waals surface area contributed by atoms with E-state index >= 15 is 0 Å². The molecule has 0 spiro atoms. The molecule has 0 amide bonds. The molecule has 1 N–H and O–H groups in total. The second kappa shape index (κ2) is 9.17. The number of nitrogens with zero attached hydrogens (tertiary/aromatic N) is 1. The summed E-state index contributed by atoms with van der Waals surface area (Å²) >= 11 is 0. The Morgan fingerprint density at radius 3 is 2.20 bits per heavy atom. The third-order valence-electron chi connectivity index (χ3n) is 3.02. The highest BCUT2D eigenvalue weighted by atomic mass is 15.2. The van der Waals surface area contributed by atoms with E-state index in [1.54, 1.807) is 0 Å². The van der Waals surface area contributed by atoms with E-state index in [4.69, 9.17) is 0 Å². The van der Waals surface area contributed by atoms with Crippen molar-refractivity contribution >= 4 is 0 Å². The Balaban J connectivity index is 3.76. The maximum Gasteiger partial charge on any atom is 0.0618 e. The maximum absolute atomic E-state index is 3.55. The summed E-state index contributed by atoms with van der Waals surface area (Å²) in [4.78, 5) is 2.30. The minimum absolute atomic E-state index is 0.539. The maximum atomic E-state index is 3.55. The van der Waals surface area contributed by atoms with Gasteiger partial charge in [-0.05, 0) is 33.0 Å². The van der Waals surface area contributed by atoms with E-state index < -0.39 is 0 Å². The molecule has 0 aromatic rings. The molecule has 15 heavy (non-hydrogen) atoms. The van der Waals surface area contributed by atoms with Crippen LogP contribution in [0.3, 0.4) is 0 Å². The van der Waals surface area contributed by atoms with Crippen molar-refractivity contribution in [2.75, 3.05) is 20.6 Å². The van der Waals surface area contributed by atoms with Crippen molar-refractivity contribution in [1.29, 1.82) is 0 Å². The van der Waals surface area contributed by atoms with E-state index in [0.29, 0.717) is 6.17 Å². The van der Waals surface area contributed by atoms with Crippen molar-refractivity contribution < 1.29 is 0 Å². The zero-order valence-corrected chi connectivity index (χ0v) is 11.3. The Morgan fingerprint density at radius 2 is 1.73 bits per heavy atom. The predicted molar refractivity (Wildman–Crippen MR) is 69.1 cm³/mol. The number of rotatable bonds is 9. The van der Waals surface area contributed by atoms with Crippen LogP contribution in [0.1, 0.15) is 52.9 Å². The molecule has 2 heteroatoms. The Labute approximate surface area is 96.4 Å². The van der Waals surface area contributed by atoms with E-state index in [2.05, 4.69) is 45.1 Å². The molecule has 0 fully saturated rings. The lowest BCUT2D eigenvalue weighted by molar-refractivity contribution is 0.172. The molecule has 0 aromatic carbocycles. The van der Waals surface area contributed by atoms with Crippen LogP contribution >= 0.6 is 0 Å². The van der Waals surface area contributed by atoms with Crippen LogP contribution in [0.4, 0.5) is 0 Å². The monoisotopic (exact) mass is 214 g/mol. The fraction of sp³-hybridized carbons (Fsp3) is 1.00. The summed E-state index contributed by atoms with van der Waals surface area (Å²) < 4.78 is 0. The SMILES string of the molecule is CCCCCCC(C)C(NCC)N(C)C. The summed E-state index contributed by atoms with van der Waals surface area (Å²) in [6, 6.07) is 0. The van der Waals surface area contributed by atoms with Gasteiger partial charge in [0.2, 0.25) is 0 Å². The average molecular weight is 214 g/mol. The van der Waals surface area contributed by atoms with Gasteiger partial charge >= 0.3 is 0 Å². The molecule has 0 aliphatic carbocycles. The molecule has 0 saturated carbocycles. The Kier molecular flexibility index (Phi) is 9.12. The van der Waals surface area contributed by atoms with Crippen LogP contribution in [0.2, 0.25) is 0 Å². The van der Waals surface area contributed by atoms with Gasteiger partial charge in [-0.25, -0.2) is 0 Å². The topological polar surface area (TPSA) is 15.3 Å². The van der Waals surface area contributed by atoms with E-state index in [0.717, 1.165) is 12.5 Å². The van der Waals surface area contributed by atoms with Gasteiger partial charge in [0.15, 0.2) is 0 Å². The lowest BCUT2D eigenvalue weighted by atomic mass is 9.99. The van der Waals surface area contributed by atoms with Crippen LogP contribution in [0.25, 0.3) is 0 Å². The second-order valence-electron chi connectivity index (χ2n) is 4.79. The minimum Gasteiger partial charge on any atom is -0.302 e. The van der Waals surface area contributed by atoms with Crippen molar-refractivity contribution in [3.05, 3.63) is 0 Å². The smallest absolute Gasteiger partial charge is 0.0618 e. The van der Waals surface area contributed by atoms with E-state index in [9.17, 15) is 0 Å². The summed E-state index contributed by atoms with van der Waals surface area (Å²) in [7, 11) is 4.33. The molecule has 92 valence electrons. The first-order valence-corrected chi connectivity index (χ1v) is 6.53. The lowest BCUT2D eigenvalue weighted by Crippen LogP contribution is -2.45. The van der Waals surface area contributed by atoms with Crippen molar-refractivity contribution in [2.45, 2.75) is 59.0 Å². The normalized spacial score (nSPS) is 15.6. The van der Waals surface area contributed by atoms with Crippen LogP contribution in [0.15, 0.2) is 0 Å². The zero-order valence-electron chi connectivity index (χ0n) is 11.3. The van der Waals surface area contributed by atoms with Crippen LogP contribution < -0.4 is 5.32 Å². The van der Waals surface area contributed by atoms with Gasteiger partial charge in [-0.15, -0.1) is 0 Å². The van der Waals surface area contributed by atoms with Gasteiger partial charge in [0.25, 0.3) is 0 Å². The number of nitrogens with one attached hydrogen (secondary N) is 1. The molecule has 0 rings (SSSR count). The molecule has 2 atom stereocenters. The molecule has 0 radical (unpaired) electrons. The highest BCUT2D eigenvalue weighted by Gasteiger charge is 2.17. The molecular weight excluding hydrogens is 184 g/mol. The molecule has 0 aliphatic rings. The quantitative estimate of drug-likeness (QED) is 0.469. The largest absolute Gasteiger partial charge is 0.302 e. The van der Waals surface area contributed by atoms with Gasteiger partial charge in [0.05, 0.1) is 6.17 Å². The Hall–Kier alpha value is -0.0800. The second-order valence-corrected chi connectivity index (χ2v) is 4.79. The molecule has 0 aromatic heterocycles. The summed E-state index contributed by atoms with van der Waals surface area (Å²) in [5, 5.41) is 3.55. The average Bonchev–Trinajstić information content (AvgIpc) is 2.20. The molecule has 0 saturated heterocycles. The van der Waals surface area contributed by atoms with E-state index in [1.807, 2.05) is 0 Å². The summed E-state index contributed by atoms with van der Waals surface area (Å²) in [6.07, 6.45) is 7.38. The van der Waals surface area contributed by atoms with E-state index in [1.165, 1.54) is 32.1 Å². The number of hydrogen-bond donors (Lipinski definition) is 1. The molecule has 0 aliphatic heterocycles. The Bertz CT molecular complexity index is 134. The predicted octanol–water partition coefficient (Wildman–Crippen LogP) is 3.09. The first-order chi connectivity index (χ1) is 7.13. The molecule has 0 heterocycles. The van der Waals surface area contributed by atoms with Gasteiger partial charge in [-0.2, -0.15) is 0 Å². The fourth-order valence-corrected chi connectivity index (χ4v) is 2.15. The molecular formula is C13H30N2. The summed E-state index contributed by atoms with van der Waals surface area (Å²) in [6.45, 7) is 7.87. The van der Waals surface area contributed by atoms with Gasteiger partial charge in [-0.1, -0.05) is 46.5 Å². The van der Waals surface area contributed by atoms with Gasteiger partial charge < -0.3 is 5.32 Å². The van der Waals surface area contributed by atoms with E-state index in [-0.39, 0.29) is 0 Å². The third-order valence-corrected chi connectivity index (χ3v) is 3.02. The zero-order chi connectivity index (χ0) is 11.7. The van der Waals surface area contributed by atoms with Gasteiger partial charge in [0.1, 0.15) is 0 Å². The number of unbranched alkanes of at least 4 members (excludes halogenated alkanes) is 3. The highest BCUT2D eigenvalue weighted by Crippen LogP contribution is 2.15. The molecule has 2 nitrogen and oxygen atoms in total. The van der Waals surface area contributed by atoms with Crippen molar-refractivity contribution in [1.82, 2.24) is 10.2 Å². The standard InChI is InChI=1S/C13H30N2/c1-6-8-9-10-11-12(3)13(14-7-2)15(4)5/h12-14H,6-11H2,1-5H3. The molecule has 2 unspecified atom stereocenters. The van der Waals surface area contributed by atoms with Crippen LogP contribution in [0, 0.1) is 5.92 Å². The van der Waals surface area contributed by atoms with Gasteiger partial charge in [-0.3, -0.25) is 4.90 Å². The highest BCUT2D eigenvalue weighted by molar-refractivity contribution is 4.70. The van der Waals surface area contributed by atoms with Crippen LogP contribution in [-0.4, -0.2) is 31.7 Å². The van der Waals surface area contributed by atoms with Crippen molar-refractivity contribution in [3.63, 3.8) is 0 Å². The first kappa shape index (κ1) is 14.9. The van der Waals surface area contributed by atoms with Crippen molar-refractivity contribution in [3.8, 4) is 0 Å². The lowest BCUT2D eigenvalue weighted by Gasteiger charge is -2.30. The molecule has 0 bridgehead atoms. The Morgan fingerprint density at radius 1 is 1.07 bits per heavy atom. The van der Waals surface area contributed by atoms with Crippen molar-refractivity contribution in [2.24, 2.45) is 5.92 Å². The summed E-state index contributed by atoms with van der Waals surface area (Å²) in [5.41, 5.74) is 0. The minimum atomic E-state index is 0.539. The van der Waals surface area contributed by atoms with Crippen LogP contribution in [0.5, 0.6) is 0 Å². The number of hydrogen-bond acceptors (Lipinski definition) is 2. The first-order valence-electron chi connectivity index (χ1n) is 6.53. The fourth-order valence-electron chi connectivity index (χ4n) is 2.15. The van der Waals surface area contributed by atoms with Crippen LogP contribution in [-0.2, 0) is 0 Å². The van der Waals surface area contributed by atoms with Gasteiger partial charge in [0, 0.05) is 0 Å².